The summed E-state index contributed by atoms with van der Waals surface area (Å²) in [5.74, 6) is 0.201. The van der Waals surface area contributed by atoms with Gasteiger partial charge in [-0.2, -0.15) is 0 Å². The van der Waals surface area contributed by atoms with Crippen LogP contribution in [0.1, 0.15) is 63.6 Å². The fourth-order valence-corrected chi connectivity index (χ4v) is 3.68. The lowest BCUT2D eigenvalue weighted by molar-refractivity contribution is 0.0915. The average molecular weight is 310 g/mol. The number of anilines is 2. The fourth-order valence-electron chi connectivity index (χ4n) is 2.69. The third kappa shape index (κ3) is 3.87. The number of nitrogens with zero attached hydrogens (tertiary/aromatic N) is 1. The van der Waals surface area contributed by atoms with E-state index >= 15 is 0 Å². The highest BCUT2D eigenvalue weighted by molar-refractivity contribution is 7.18. The molecular formula is C15H26N4OS. The Balaban J connectivity index is 2.09. The number of nitrogens with one attached hydrogen (secondary N) is 2. The van der Waals surface area contributed by atoms with Crippen LogP contribution in [0.5, 0.6) is 0 Å². The zero-order chi connectivity index (χ0) is 15.8. The van der Waals surface area contributed by atoms with E-state index in [1.165, 1.54) is 11.3 Å². The monoisotopic (exact) mass is 310 g/mol. The van der Waals surface area contributed by atoms with E-state index < -0.39 is 0 Å². The van der Waals surface area contributed by atoms with Crippen molar-refractivity contribution in [3.8, 4) is 0 Å². The molecule has 1 unspecified atom stereocenters. The van der Waals surface area contributed by atoms with Crippen LogP contribution in [0.25, 0.3) is 0 Å². The maximum Gasteiger partial charge on any atom is 0.265 e. The summed E-state index contributed by atoms with van der Waals surface area (Å²) in [5, 5.41) is 7.07. The summed E-state index contributed by atoms with van der Waals surface area (Å²) in [6.07, 6.45) is 3.34. The number of aromatic nitrogens is 1. The molecule has 5 nitrogen and oxygen atoms in total. The van der Waals surface area contributed by atoms with Crippen molar-refractivity contribution in [1.82, 2.24) is 10.3 Å². The minimum Gasteiger partial charge on any atom is -0.382 e. The van der Waals surface area contributed by atoms with E-state index in [1.54, 1.807) is 0 Å². The second-order valence-corrected chi connectivity index (χ2v) is 8.51. The number of hydrogen-bond acceptors (Lipinski definition) is 5. The van der Waals surface area contributed by atoms with Gasteiger partial charge in [0.05, 0.1) is 0 Å². The molecule has 1 aliphatic rings. The van der Waals surface area contributed by atoms with Gasteiger partial charge in [0.1, 0.15) is 10.7 Å². The van der Waals surface area contributed by atoms with Gasteiger partial charge in [-0.3, -0.25) is 4.79 Å². The van der Waals surface area contributed by atoms with Crippen molar-refractivity contribution in [3.05, 3.63) is 4.88 Å². The van der Waals surface area contributed by atoms with Crippen molar-refractivity contribution >= 4 is 28.2 Å². The van der Waals surface area contributed by atoms with E-state index in [0.717, 1.165) is 19.3 Å². The van der Waals surface area contributed by atoms with Crippen LogP contribution in [0.3, 0.4) is 0 Å². The van der Waals surface area contributed by atoms with Gasteiger partial charge < -0.3 is 16.4 Å². The molecule has 0 bridgehead atoms. The maximum absolute atomic E-state index is 12.4. The van der Waals surface area contributed by atoms with Gasteiger partial charge in [0.2, 0.25) is 0 Å². The first-order chi connectivity index (χ1) is 9.58. The number of amides is 1. The van der Waals surface area contributed by atoms with Crippen LogP contribution < -0.4 is 16.4 Å². The number of nitrogen functional groups attached to an aromatic ring is 1. The fraction of sp³-hybridized carbons (Fsp3) is 0.733. The van der Waals surface area contributed by atoms with E-state index in [9.17, 15) is 4.79 Å². The number of thiazole rings is 1. The molecule has 1 heterocycles. The Labute approximate surface area is 130 Å². The Hall–Kier alpha value is -1.30. The standard InChI is InChI=1S/C15H26N4OS/c1-14(2,3)19-13-18-11(16)10(21-13)12(20)17-9-7-6-8-15(9,4)5/h9H,6-8,16H2,1-5H3,(H,17,20)(H,18,19). The predicted molar refractivity (Wildman–Crippen MR) is 88.8 cm³/mol. The lowest BCUT2D eigenvalue weighted by atomic mass is 9.87. The third-order valence-electron chi connectivity index (χ3n) is 3.90. The van der Waals surface area contributed by atoms with Crippen molar-refractivity contribution < 1.29 is 4.79 Å². The van der Waals surface area contributed by atoms with Gasteiger partial charge in [-0.15, -0.1) is 0 Å². The Morgan fingerprint density at radius 2 is 2.10 bits per heavy atom. The molecule has 1 aromatic rings. The Morgan fingerprint density at radius 1 is 1.43 bits per heavy atom. The molecule has 0 radical (unpaired) electrons. The van der Waals surface area contributed by atoms with Crippen LogP contribution in [0.15, 0.2) is 0 Å². The van der Waals surface area contributed by atoms with Gasteiger partial charge in [-0.1, -0.05) is 31.6 Å². The van der Waals surface area contributed by atoms with Crippen LogP contribution in [0.2, 0.25) is 0 Å². The molecule has 1 saturated carbocycles. The van der Waals surface area contributed by atoms with Crippen molar-refractivity contribution in [2.45, 2.75) is 65.5 Å². The second-order valence-electron chi connectivity index (χ2n) is 7.52. The van der Waals surface area contributed by atoms with Gasteiger partial charge in [-0.05, 0) is 39.0 Å². The lowest BCUT2D eigenvalue weighted by Gasteiger charge is -2.27. The first-order valence-corrected chi connectivity index (χ1v) is 8.25. The van der Waals surface area contributed by atoms with Gasteiger partial charge >= 0.3 is 0 Å². The van der Waals surface area contributed by atoms with E-state index in [4.69, 9.17) is 5.73 Å². The highest BCUT2D eigenvalue weighted by Gasteiger charge is 2.36. The average Bonchev–Trinajstić information content (AvgIpc) is 2.80. The molecule has 4 N–H and O–H groups in total. The maximum atomic E-state index is 12.4. The van der Waals surface area contributed by atoms with E-state index in [1.807, 2.05) is 20.8 Å². The summed E-state index contributed by atoms with van der Waals surface area (Å²) in [4.78, 5) is 17.2. The predicted octanol–water partition coefficient (Wildman–Crippen LogP) is 3.24. The SMILES string of the molecule is CC(C)(C)Nc1nc(N)c(C(=O)NC2CCCC2(C)C)s1. The zero-order valence-electron chi connectivity index (χ0n) is 13.5. The molecule has 118 valence electrons. The molecule has 1 aliphatic carbocycles. The zero-order valence-corrected chi connectivity index (χ0v) is 14.4. The number of carbonyl (C=O) groups excluding carboxylic acids is 1. The van der Waals surface area contributed by atoms with E-state index in [-0.39, 0.29) is 22.9 Å². The van der Waals surface area contributed by atoms with Crippen LogP contribution in [-0.2, 0) is 0 Å². The van der Waals surface area contributed by atoms with E-state index in [2.05, 4.69) is 29.5 Å². The van der Waals surface area contributed by atoms with E-state index in [0.29, 0.717) is 15.8 Å². The second kappa shape index (κ2) is 5.48. The molecule has 0 aromatic carbocycles. The molecule has 1 amide bonds. The van der Waals surface area contributed by atoms with Crippen molar-refractivity contribution in [2.24, 2.45) is 5.41 Å². The Bertz CT molecular complexity index is 530. The number of hydrogen-bond donors (Lipinski definition) is 3. The van der Waals surface area contributed by atoms with Crippen molar-refractivity contribution in [1.29, 1.82) is 0 Å². The number of carbonyl (C=O) groups is 1. The molecular weight excluding hydrogens is 284 g/mol. The first-order valence-electron chi connectivity index (χ1n) is 7.44. The quantitative estimate of drug-likeness (QED) is 0.800. The summed E-state index contributed by atoms with van der Waals surface area (Å²) in [7, 11) is 0. The van der Waals surface area contributed by atoms with Crippen LogP contribution in [0, 0.1) is 5.41 Å². The minimum atomic E-state index is -0.106. The summed E-state index contributed by atoms with van der Waals surface area (Å²) in [6.45, 7) is 10.5. The molecule has 0 aliphatic heterocycles. The Kier molecular flexibility index (Phi) is 4.19. The number of nitrogens with two attached hydrogens (primary N) is 1. The molecule has 2 rings (SSSR count). The topological polar surface area (TPSA) is 80.0 Å². The molecule has 1 atom stereocenters. The largest absolute Gasteiger partial charge is 0.382 e. The molecule has 1 aromatic heterocycles. The van der Waals surface area contributed by atoms with Crippen LogP contribution in [-0.4, -0.2) is 22.5 Å². The smallest absolute Gasteiger partial charge is 0.265 e. The first kappa shape index (κ1) is 16.1. The summed E-state index contributed by atoms with van der Waals surface area (Å²) in [6, 6.07) is 0.213. The summed E-state index contributed by atoms with van der Waals surface area (Å²) in [5.41, 5.74) is 5.95. The van der Waals surface area contributed by atoms with Crippen LogP contribution in [0.4, 0.5) is 10.9 Å². The van der Waals surface area contributed by atoms with Crippen LogP contribution >= 0.6 is 11.3 Å². The molecule has 1 fully saturated rings. The molecule has 21 heavy (non-hydrogen) atoms. The molecule has 6 heteroatoms. The summed E-state index contributed by atoms with van der Waals surface area (Å²) < 4.78 is 0. The highest BCUT2D eigenvalue weighted by Crippen LogP contribution is 2.37. The minimum absolute atomic E-state index is 0.105. The Morgan fingerprint density at radius 3 is 2.62 bits per heavy atom. The molecule has 0 saturated heterocycles. The lowest BCUT2D eigenvalue weighted by Crippen LogP contribution is -2.41. The molecule has 0 spiro atoms. The van der Waals surface area contributed by atoms with Gasteiger partial charge in [-0.25, -0.2) is 4.98 Å². The number of rotatable bonds is 3. The van der Waals surface area contributed by atoms with Gasteiger partial charge in [0.15, 0.2) is 5.13 Å². The summed E-state index contributed by atoms with van der Waals surface area (Å²) >= 11 is 1.32. The normalized spacial score (nSPS) is 21.3. The van der Waals surface area contributed by atoms with Crippen molar-refractivity contribution in [3.63, 3.8) is 0 Å². The van der Waals surface area contributed by atoms with Crippen molar-refractivity contribution in [2.75, 3.05) is 11.1 Å². The highest BCUT2D eigenvalue weighted by atomic mass is 32.1. The van der Waals surface area contributed by atoms with Gasteiger partial charge in [0.25, 0.3) is 5.91 Å². The van der Waals surface area contributed by atoms with Gasteiger partial charge in [0, 0.05) is 11.6 Å². The third-order valence-corrected chi connectivity index (χ3v) is 4.89.